The molecule has 0 amide bonds. The van der Waals surface area contributed by atoms with Crippen LogP contribution >= 0.6 is 0 Å². The summed E-state index contributed by atoms with van der Waals surface area (Å²) in [5.41, 5.74) is 1.08. The molecule has 1 rings (SSSR count). The van der Waals surface area contributed by atoms with Crippen molar-refractivity contribution in [2.45, 2.75) is 39.0 Å². The van der Waals surface area contributed by atoms with Crippen LogP contribution in [0.3, 0.4) is 0 Å². The Bertz CT molecular complexity index is 296. The monoisotopic (exact) mass is 250 g/mol. The molecule has 1 aromatic carbocycles. The van der Waals surface area contributed by atoms with Crippen molar-refractivity contribution in [2.24, 2.45) is 0 Å². The van der Waals surface area contributed by atoms with Crippen LogP contribution in [0.25, 0.3) is 0 Å². The Morgan fingerprint density at radius 3 is 2.33 bits per heavy atom. The van der Waals surface area contributed by atoms with Crippen LogP contribution in [0.1, 0.15) is 38.2 Å². The molecule has 0 bridgehead atoms. The van der Waals surface area contributed by atoms with Crippen LogP contribution in [0.15, 0.2) is 30.3 Å². The maximum absolute atomic E-state index is 9.97. The van der Waals surface area contributed by atoms with E-state index in [1.165, 1.54) is 19.3 Å². The Hall–Kier alpha value is -1.64. The zero-order valence-corrected chi connectivity index (χ0v) is 11.0. The van der Waals surface area contributed by atoms with Gasteiger partial charge in [-0.2, -0.15) is 0 Å². The number of ether oxygens (including phenoxy) is 1. The number of hydrogen-bond acceptors (Lipinski definition) is 3. The van der Waals surface area contributed by atoms with E-state index in [2.05, 4.69) is 11.7 Å². The maximum Gasteiger partial charge on any atom is 0.293 e. The van der Waals surface area contributed by atoms with E-state index < -0.39 is 0 Å². The summed E-state index contributed by atoms with van der Waals surface area (Å²) in [6.07, 6.45) is 6.08. The van der Waals surface area contributed by atoms with E-state index in [0.29, 0.717) is 19.5 Å². The van der Waals surface area contributed by atoms with E-state index in [0.717, 1.165) is 18.3 Å². The Kier molecular flexibility index (Phi) is 12.2. The fourth-order valence-electron chi connectivity index (χ4n) is 1.37. The van der Waals surface area contributed by atoms with Crippen molar-refractivity contribution in [2.75, 3.05) is 6.61 Å². The third-order valence-corrected chi connectivity index (χ3v) is 2.35. The van der Waals surface area contributed by atoms with Crippen molar-refractivity contribution in [1.29, 1.82) is 0 Å². The summed E-state index contributed by atoms with van der Waals surface area (Å²) >= 11 is 0. The average Bonchev–Trinajstić information content (AvgIpc) is 2.41. The molecule has 0 aromatic heterocycles. The van der Waals surface area contributed by atoms with Gasteiger partial charge in [-0.15, -0.1) is 0 Å². The van der Waals surface area contributed by atoms with Crippen molar-refractivity contribution < 1.29 is 14.3 Å². The second kappa shape index (κ2) is 13.4. The van der Waals surface area contributed by atoms with Gasteiger partial charge in [-0.3, -0.25) is 4.79 Å². The van der Waals surface area contributed by atoms with Crippen LogP contribution in [0.2, 0.25) is 0 Å². The number of unbranched alkanes of at least 4 members (excludes halogenated alkanes) is 3. The minimum Gasteiger partial charge on any atom is -0.468 e. The smallest absolute Gasteiger partial charge is 0.293 e. The Balaban J connectivity index is 0.000000321. The molecule has 0 saturated heterocycles. The predicted octanol–water partition coefficient (Wildman–Crippen LogP) is 3.17. The fraction of sp³-hybridized carbons (Fsp3) is 0.467. The lowest BCUT2D eigenvalue weighted by atomic mass is 10.2. The molecule has 0 aliphatic rings. The molecule has 0 spiro atoms. The molecule has 0 N–H and O–H groups in total. The van der Waals surface area contributed by atoms with Crippen molar-refractivity contribution >= 4 is 12.8 Å². The van der Waals surface area contributed by atoms with Gasteiger partial charge < -0.3 is 9.53 Å². The van der Waals surface area contributed by atoms with E-state index in [4.69, 9.17) is 0 Å². The first-order chi connectivity index (χ1) is 8.85. The fourth-order valence-corrected chi connectivity index (χ4v) is 1.37. The summed E-state index contributed by atoms with van der Waals surface area (Å²) < 4.78 is 4.50. The predicted molar refractivity (Wildman–Crippen MR) is 72.4 cm³/mol. The second-order valence-electron chi connectivity index (χ2n) is 3.88. The van der Waals surface area contributed by atoms with Crippen LogP contribution in [0, 0.1) is 0 Å². The summed E-state index contributed by atoms with van der Waals surface area (Å²) in [6.45, 7) is 3.25. The highest BCUT2D eigenvalue weighted by Gasteiger charge is 1.85. The lowest BCUT2D eigenvalue weighted by molar-refractivity contribution is -0.128. The molecular formula is C15H22O3. The van der Waals surface area contributed by atoms with Crippen LogP contribution < -0.4 is 0 Å². The Morgan fingerprint density at radius 1 is 1.06 bits per heavy atom. The molecular weight excluding hydrogens is 228 g/mol. The number of rotatable bonds is 8. The highest BCUT2D eigenvalue weighted by Crippen LogP contribution is 1.97. The molecule has 0 saturated carbocycles. The molecule has 0 radical (unpaired) electrons. The van der Waals surface area contributed by atoms with Crippen LogP contribution in [0.4, 0.5) is 0 Å². The van der Waals surface area contributed by atoms with Gasteiger partial charge in [0.2, 0.25) is 0 Å². The van der Waals surface area contributed by atoms with Gasteiger partial charge in [0.25, 0.3) is 6.47 Å². The molecule has 0 aliphatic carbocycles. The standard InChI is InChI=1S/C8H8O.C7H14O2/c9-7-6-8-4-2-1-3-5-8;1-2-3-4-5-6-9-7-8/h1-5,7H,6H2;7H,2-6H2,1H3. The molecule has 0 fully saturated rings. The quantitative estimate of drug-likeness (QED) is 0.526. The second-order valence-corrected chi connectivity index (χ2v) is 3.88. The SMILES string of the molecule is CCCCCCOC=O.O=CCc1ccccc1. The zero-order valence-electron chi connectivity index (χ0n) is 11.0. The largest absolute Gasteiger partial charge is 0.468 e. The summed E-state index contributed by atoms with van der Waals surface area (Å²) in [4.78, 5) is 19.6. The van der Waals surface area contributed by atoms with Crippen molar-refractivity contribution in [1.82, 2.24) is 0 Å². The van der Waals surface area contributed by atoms with Gasteiger partial charge in [0.05, 0.1) is 6.61 Å². The maximum atomic E-state index is 9.97. The van der Waals surface area contributed by atoms with E-state index in [9.17, 15) is 9.59 Å². The zero-order chi connectivity index (χ0) is 13.5. The summed E-state index contributed by atoms with van der Waals surface area (Å²) in [5.74, 6) is 0. The summed E-state index contributed by atoms with van der Waals surface area (Å²) in [7, 11) is 0. The first-order valence-corrected chi connectivity index (χ1v) is 6.38. The van der Waals surface area contributed by atoms with Crippen LogP contribution in [-0.4, -0.2) is 19.4 Å². The molecule has 3 heteroatoms. The molecule has 0 atom stereocenters. The number of benzene rings is 1. The minimum atomic E-state index is 0.506. The van der Waals surface area contributed by atoms with Gasteiger partial charge in [0.15, 0.2) is 0 Å². The summed E-state index contributed by atoms with van der Waals surface area (Å²) in [6, 6.07) is 9.68. The minimum absolute atomic E-state index is 0.506. The summed E-state index contributed by atoms with van der Waals surface area (Å²) in [5, 5.41) is 0. The van der Waals surface area contributed by atoms with Gasteiger partial charge in [0, 0.05) is 6.42 Å². The molecule has 3 nitrogen and oxygen atoms in total. The van der Waals surface area contributed by atoms with Crippen molar-refractivity contribution in [3.8, 4) is 0 Å². The number of hydrogen-bond donors (Lipinski definition) is 0. The van der Waals surface area contributed by atoms with Gasteiger partial charge in [-0.1, -0.05) is 56.5 Å². The molecule has 0 heterocycles. The third kappa shape index (κ3) is 10.9. The van der Waals surface area contributed by atoms with Crippen LogP contribution in [-0.2, 0) is 20.7 Å². The number of carbonyl (C=O) groups is 2. The van der Waals surface area contributed by atoms with E-state index in [-0.39, 0.29) is 0 Å². The third-order valence-electron chi connectivity index (χ3n) is 2.35. The van der Waals surface area contributed by atoms with Crippen LogP contribution in [0.5, 0.6) is 0 Å². The van der Waals surface area contributed by atoms with Crippen molar-refractivity contribution in [3.05, 3.63) is 35.9 Å². The normalized spacial score (nSPS) is 8.94. The van der Waals surface area contributed by atoms with Gasteiger partial charge >= 0.3 is 0 Å². The van der Waals surface area contributed by atoms with Gasteiger partial charge in [-0.25, -0.2) is 0 Å². The number of aldehydes is 1. The highest BCUT2D eigenvalue weighted by molar-refractivity contribution is 5.54. The topological polar surface area (TPSA) is 43.4 Å². The van der Waals surface area contributed by atoms with E-state index in [1.54, 1.807) is 0 Å². The van der Waals surface area contributed by atoms with Gasteiger partial charge in [0.1, 0.15) is 6.29 Å². The molecule has 1 aromatic rings. The Morgan fingerprint density at radius 2 is 1.78 bits per heavy atom. The number of carbonyl (C=O) groups excluding carboxylic acids is 2. The molecule has 0 unspecified atom stereocenters. The van der Waals surface area contributed by atoms with E-state index in [1.807, 2.05) is 30.3 Å². The van der Waals surface area contributed by atoms with Gasteiger partial charge in [-0.05, 0) is 12.0 Å². The molecule has 18 heavy (non-hydrogen) atoms. The lowest BCUT2D eigenvalue weighted by Crippen LogP contribution is -1.90. The molecule has 0 aliphatic heterocycles. The van der Waals surface area contributed by atoms with Crippen molar-refractivity contribution in [3.63, 3.8) is 0 Å². The van der Waals surface area contributed by atoms with E-state index >= 15 is 0 Å². The average molecular weight is 250 g/mol. The highest BCUT2D eigenvalue weighted by atomic mass is 16.5. The molecule has 100 valence electrons. The first kappa shape index (κ1) is 16.4. The lowest BCUT2D eigenvalue weighted by Gasteiger charge is -1.95. The Labute approximate surface area is 109 Å². The first-order valence-electron chi connectivity index (χ1n) is 6.38.